The van der Waals surface area contributed by atoms with Gasteiger partial charge in [0.2, 0.25) is 5.91 Å². The number of carbonyl (C=O) groups excluding carboxylic acids is 2. The summed E-state index contributed by atoms with van der Waals surface area (Å²) in [5.41, 5.74) is 5.40. The van der Waals surface area contributed by atoms with Crippen LogP contribution in [0.25, 0.3) is 0 Å². The predicted molar refractivity (Wildman–Crippen MR) is 72.9 cm³/mol. The summed E-state index contributed by atoms with van der Waals surface area (Å²) in [6, 6.07) is 0. The summed E-state index contributed by atoms with van der Waals surface area (Å²) in [7, 11) is 1.41. The molecule has 0 aromatic carbocycles. The Morgan fingerprint density at radius 1 is 1.30 bits per heavy atom. The third-order valence-electron chi connectivity index (χ3n) is 4.61. The SMILES string of the molecule is COC(=O)C1CCN(C(=O)C2(CN)CCOCC2)CC1. The maximum atomic E-state index is 12.7. The Hall–Kier alpha value is -1.14. The average Bonchev–Trinajstić information content (AvgIpc) is 2.54. The Morgan fingerprint density at radius 3 is 2.40 bits per heavy atom. The number of hydrogen-bond donors (Lipinski definition) is 1. The van der Waals surface area contributed by atoms with Crippen molar-refractivity contribution >= 4 is 11.9 Å². The standard InChI is InChI=1S/C14H24N2O4/c1-19-12(17)11-2-6-16(7-3-11)13(18)14(10-15)4-8-20-9-5-14/h11H,2-10,15H2,1H3. The van der Waals surface area contributed by atoms with Crippen LogP contribution in [0.5, 0.6) is 0 Å². The van der Waals surface area contributed by atoms with Crippen LogP contribution in [0.2, 0.25) is 0 Å². The molecule has 0 bridgehead atoms. The number of esters is 1. The Labute approximate surface area is 119 Å². The van der Waals surface area contributed by atoms with Crippen LogP contribution in [0, 0.1) is 11.3 Å². The van der Waals surface area contributed by atoms with Gasteiger partial charge in [-0.2, -0.15) is 0 Å². The van der Waals surface area contributed by atoms with E-state index < -0.39 is 5.41 Å². The van der Waals surface area contributed by atoms with Crippen molar-refractivity contribution in [3.63, 3.8) is 0 Å². The van der Waals surface area contributed by atoms with Gasteiger partial charge in [-0.1, -0.05) is 0 Å². The summed E-state index contributed by atoms with van der Waals surface area (Å²) in [6.07, 6.45) is 2.74. The van der Waals surface area contributed by atoms with Gasteiger partial charge in [0, 0.05) is 32.8 Å². The summed E-state index contributed by atoms with van der Waals surface area (Å²) in [4.78, 5) is 26.1. The van der Waals surface area contributed by atoms with Crippen molar-refractivity contribution < 1.29 is 19.1 Å². The van der Waals surface area contributed by atoms with Crippen LogP contribution in [-0.2, 0) is 19.1 Å². The number of piperidine rings is 1. The lowest BCUT2D eigenvalue weighted by atomic mass is 9.78. The molecular weight excluding hydrogens is 260 g/mol. The molecule has 0 saturated carbocycles. The molecule has 6 heteroatoms. The molecule has 0 aromatic heterocycles. The molecule has 0 unspecified atom stereocenters. The Kier molecular flexibility index (Phi) is 4.99. The molecule has 2 aliphatic heterocycles. The molecule has 0 atom stereocenters. The monoisotopic (exact) mass is 284 g/mol. The molecule has 1 amide bonds. The number of methoxy groups -OCH3 is 1. The van der Waals surface area contributed by atoms with Crippen LogP contribution in [-0.4, -0.2) is 56.7 Å². The molecule has 114 valence electrons. The summed E-state index contributed by atoms with van der Waals surface area (Å²) in [5, 5.41) is 0. The van der Waals surface area contributed by atoms with Crippen LogP contribution >= 0.6 is 0 Å². The van der Waals surface area contributed by atoms with Gasteiger partial charge in [-0.25, -0.2) is 0 Å². The highest BCUT2D eigenvalue weighted by atomic mass is 16.5. The van der Waals surface area contributed by atoms with Crippen LogP contribution in [0.4, 0.5) is 0 Å². The van der Waals surface area contributed by atoms with Crippen molar-refractivity contribution in [3.05, 3.63) is 0 Å². The van der Waals surface area contributed by atoms with Gasteiger partial charge in [-0.15, -0.1) is 0 Å². The number of ether oxygens (including phenoxy) is 2. The summed E-state index contributed by atoms with van der Waals surface area (Å²) < 4.78 is 10.1. The second-order valence-corrected chi connectivity index (χ2v) is 5.69. The summed E-state index contributed by atoms with van der Waals surface area (Å²) in [5.74, 6) is -0.115. The Balaban J connectivity index is 1.95. The van der Waals surface area contributed by atoms with Crippen molar-refractivity contribution in [1.29, 1.82) is 0 Å². The van der Waals surface area contributed by atoms with Gasteiger partial charge in [0.1, 0.15) is 0 Å². The predicted octanol–water partition coefficient (Wildman–Crippen LogP) is 0.154. The van der Waals surface area contributed by atoms with Crippen LogP contribution < -0.4 is 5.73 Å². The third-order valence-corrected chi connectivity index (χ3v) is 4.61. The topological polar surface area (TPSA) is 81.9 Å². The lowest BCUT2D eigenvalue weighted by Crippen LogP contribution is -2.53. The molecule has 0 aliphatic carbocycles. The number of hydrogen-bond acceptors (Lipinski definition) is 5. The Bertz CT molecular complexity index is 358. The third kappa shape index (κ3) is 2.96. The fourth-order valence-corrected chi connectivity index (χ4v) is 3.09. The average molecular weight is 284 g/mol. The Morgan fingerprint density at radius 2 is 1.90 bits per heavy atom. The second-order valence-electron chi connectivity index (χ2n) is 5.69. The molecule has 20 heavy (non-hydrogen) atoms. The van der Waals surface area contributed by atoms with E-state index in [0.717, 1.165) is 0 Å². The van der Waals surface area contributed by atoms with E-state index in [1.54, 1.807) is 0 Å². The molecule has 6 nitrogen and oxygen atoms in total. The van der Waals surface area contributed by atoms with Crippen molar-refractivity contribution in [1.82, 2.24) is 4.90 Å². The first kappa shape index (κ1) is 15.3. The summed E-state index contributed by atoms with van der Waals surface area (Å²) >= 11 is 0. The van der Waals surface area contributed by atoms with E-state index in [1.165, 1.54) is 7.11 Å². The van der Waals surface area contributed by atoms with Crippen molar-refractivity contribution in [2.24, 2.45) is 17.1 Å². The zero-order chi connectivity index (χ0) is 14.6. The number of rotatable bonds is 3. The number of carbonyl (C=O) groups is 2. The van der Waals surface area contributed by atoms with Crippen LogP contribution in [0.15, 0.2) is 0 Å². The molecule has 2 aliphatic rings. The first-order chi connectivity index (χ1) is 9.63. The minimum Gasteiger partial charge on any atom is -0.469 e. The number of amides is 1. The maximum absolute atomic E-state index is 12.7. The van der Waals surface area contributed by atoms with Gasteiger partial charge in [-0.05, 0) is 25.7 Å². The first-order valence-electron chi connectivity index (χ1n) is 7.28. The number of nitrogens with two attached hydrogens (primary N) is 1. The van der Waals surface area contributed by atoms with E-state index >= 15 is 0 Å². The molecule has 2 fully saturated rings. The fraction of sp³-hybridized carbons (Fsp3) is 0.857. The largest absolute Gasteiger partial charge is 0.469 e. The zero-order valence-electron chi connectivity index (χ0n) is 12.1. The molecule has 2 saturated heterocycles. The quantitative estimate of drug-likeness (QED) is 0.746. The van der Waals surface area contributed by atoms with Gasteiger partial charge in [0.05, 0.1) is 18.4 Å². The number of nitrogens with zero attached hydrogens (tertiary/aromatic N) is 1. The van der Waals surface area contributed by atoms with Gasteiger partial charge in [0.25, 0.3) is 0 Å². The molecule has 0 spiro atoms. The van der Waals surface area contributed by atoms with Crippen LogP contribution in [0.1, 0.15) is 25.7 Å². The molecule has 2 rings (SSSR count). The highest BCUT2D eigenvalue weighted by Crippen LogP contribution is 2.33. The molecule has 0 radical (unpaired) electrons. The van der Waals surface area contributed by atoms with Crippen molar-refractivity contribution in [2.45, 2.75) is 25.7 Å². The fourth-order valence-electron chi connectivity index (χ4n) is 3.09. The molecule has 0 aromatic rings. The smallest absolute Gasteiger partial charge is 0.308 e. The summed E-state index contributed by atoms with van der Waals surface area (Å²) in [6.45, 7) is 2.79. The first-order valence-corrected chi connectivity index (χ1v) is 7.28. The van der Waals surface area contributed by atoms with E-state index in [2.05, 4.69) is 0 Å². The van der Waals surface area contributed by atoms with Crippen molar-refractivity contribution in [2.75, 3.05) is 40.0 Å². The van der Waals surface area contributed by atoms with Gasteiger partial charge in [0.15, 0.2) is 0 Å². The van der Waals surface area contributed by atoms with Gasteiger partial charge >= 0.3 is 5.97 Å². The molecule has 2 N–H and O–H groups in total. The maximum Gasteiger partial charge on any atom is 0.308 e. The van der Waals surface area contributed by atoms with E-state index in [4.69, 9.17) is 15.2 Å². The second kappa shape index (κ2) is 6.54. The van der Waals surface area contributed by atoms with E-state index in [0.29, 0.717) is 58.5 Å². The van der Waals surface area contributed by atoms with E-state index in [1.807, 2.05) is 4.90 Å². The lowest BCUT2D eigenvalue weighted by molar-refractivity contribution is -0.153. The van der Waals surface area contributed by atoms with E-state index in [9.17, 15) is 9.59 Å². The minimum absolute atomic E-state index is 0.0763. The van der Waals surface area contributed by atoms with E-state index in [-0.39, 0.29) is 17.8 Å². The highest BCUT2D eigenvalue weighted by molar-refractivity contribution is 5.83. The zero-order valence-corrected chi connectivity index (χ0v) is 12.1. The highest BCUT2D eigenvalue weighted by Gasteiger charge is 2.42. The normalized spacial score (nSPS) is 23.4. The van der Waals surface area contributed by atoms with Gasteiger partial charge < -0.3 is 20.1 Å². The molecular formula is C14H24N2O4. The number of likely N-dealkylation sites (tertiary alicyclic amines) is 1. The van der Waals surface area contributed by atoms with Gasteiger partial charge in [-0.3, -0.25) is 9.59 Å². The van der Waals surface area contributed by atoms with Crippen LogP contribution in [0.3, 0.4) is 0 Å². The minimum atomic E-state index is -0.462. The van der Waals surface area contributed by atoms with Crippen molar-refractivity contribution in [3.8, 4) is 0 Å². The molecule has 2 heterocycles. The lowest BCUT2D eigenvalue weighted by Gasteiger charge is -2.41.